The minimum atomic E-state index is -0.422. The lowest BCUT2D eigenvalue weighted by Crippen LogP contribution is -2.42. The number of rotatable bonds is 6. The SMILES string of the molecule is CC(=O)N1CCC[C@H]1C(=O)Nc1ccc(-c2cc(-c3ccc(NC(=O)[C@@H]4CCCN4C(C)=O)cc3)[nH]n2)cc1. The Labute approximate surface area is 226 Å². The van der Waals surface area contributed by atoms with Crippen LogP contribution in [0.25, 0.3) is 22.5 Å². The third-order valence-corrected chi connectivity index (χ3v) is 7.41. The van der Waals surface area contributed by atoms with Crippen LogP contribution in [0.5, 0.6) is 0 Å². The van der Waals surface area contributed by atoms with Gasteiger partial charge in [-0.05, 0) is 61.6 Å². The second-order valence-corrected chi connectivity index (χ2v) is 10.0. The molecule has 3 aromatic rings. The molecule has 0 spiro atoms. The molecule has 10 nitrogen and oxygen atoms in total. The number of likely N-dealkylation sites (tertiary alicyclic amines) is 2. The second-order valence-electron chi connectivity index (χ2n) is 10.0. The van der Waals surface area contributed by atoms with Crippen molar-refractivity contribution in [3.63, 3.8) is 0 Å². The highest BCUT2D eigenvalue weighted by molar-refractivity contribution is 5.98. The molecular weight excluding hydrogens is 496 g/mol. The number of carbonyl (C=O) groups is 4. The van der Waals surface area contributed by atoms with E-state index in [1.54, 1.807) is 9.80 Å². The molecule has 2 saturated heterocycles. The van der Waals surface area contributed by atoms with Gasteiger partial charge in [-0.15, -0.1) is 0 Å². The number of aromatic nitrogens is 2. The van der Waals surface area contributed by atoms with Crippen molar-refractivity contribution < 1.29 is 19.2 Å². The fraction of sp³-hybridized carbons (Fsp3) is 0.345. The molecule has 2 aromatic carbocycles. The van der Waals surface area contributed by atoms with Gasteiger partial charge in [-0.3, -0.25) is 24.3 Å². The molecule has 2 aliphatic rings. The fourth-order valence-corrected chi connectivity index (χ4v) is 5.36. The molecule has 0 saturated carbocycles. The van der Waals surface area contributed by atoms with Gasteiger partial charge in [0, 0.05) is 43.9 Å². The third-order valence-electron chi connectivity index (χ3n) is 7.41. The van der Waals surface area contributed by atoms with Gasteiger partial charge in [0.25, 0.3) is 0 Å². The number of hydrogen-bond donors (Lipinski definition) is 3. The number of aromatic amines is 1. The average Bonchev–Trinajstić information content (AvgIpc) is 3.70. The second kappa shape index (κ2) is 11.1. The molecule has 0 aliphatic carbocycles. The van der Waals surface area contributed by atoms with E-state index in [1.807, 2.05) is 54.6 Å². The van der Waals surface area contributed by atoms with Crippen LogP contribution in [0.4, 0.5) is 11.4 Å². The van der Waals surface area contributed by atoms with Crippen molar-refractivity contribution >= 4 is 35.0 Å². The van der Waals surface area contributed by atoms with Crippen LogP contribution in [-0.2, 0) is 19.2 Å². The standard InChI is InChI=1S/C29H32N6O4/c1-18(36)34-15-3-5-26(34)28(38)30-22-11-7-20(8-12-22)24-17-25(33-32-24)21-9-13-23(14-10-21)31-29(39)27-6-4-16-35(27)19(2)37/h7-14,17,26-27H,3-6,15-16H2,1-2H3,(H,30,38)(H,31,39)(H,32,33)/t26-,27-/m0/s1. The molecule has 2 atom stereocenters. The van der Waals surface area contributed by atoms with E-state index in [0.29, 0.717) is 37.3 Å². The summed E-state index contributed by atoms with van der Waals surface area (Å²) in [5.74, 6) is -0.501. The summed E-state index contributed by atoms with van der Waals surface area (Å²) in [5.41, 5.74) is 4.71. The van der Waals surface area contributed by atoms with Crippen molar-refractivity contribution in [1.29, 1.82) is 0 Å². The van der Waals surface area contributed by atoms with Gasteiger partial charge in [0.15, 0.2) is 0 Å². The number of amides is 4. The first kappa shape index (κ1) is 26.1. The largest absolute Gasteiger partial charge is 0.331 e. The molecule has 2 fully saturated rings. The molecule has 0 bridgehead atoms. The van der Waals surface area contributed by atoms with E-state index in [-0.39, 0.29) is 23.6 Å². The molecule has 2 aliphatic heterocycles. The summed E-state index contributed by atoms with van der Waals surface area (Å²) in [6, 6.07) is 16.0. The smallest absolute Gasteiger partial charge is 0.247 e. The highest BCUT2D eigenvalue weighted by Gasteiger charge is 2.33. The average molecular weight is 529 g/mol. The number of hydrogen-bond acceptors (Lipinski definition) is 5. The zero-order valence-electron chi connectivity index (χ0n) is 22.1. The van der Waals surface area contributed by atoms with Crippen molar-refractivity contribution in [3.8, 4) is 22.5 Å². The molecule has 3 heterocycles. The first-order chi connectivity index (χ1) is 18.8. The first-order valence-electron chi connectivity index (χ1n) is 13.2. The summed E-state index contributed by atoms with van der Waals surface area (Å²) in [6.07, 6.45) is 3.00. The highest BCUT2D eigenvalue weighted by atomic mass is 16.2. The van der Waals surface area contributed by atoms with E-state index in [1.165, 1.54) is 13.8 Å². The zero-order chi connectivity index (χ0) is 27.5. The van der Waals surface area contributed by atoms with E-state index >= 15 is 0 Å². The van der Waals surface area contributed by atoms with E-state index in [9.17, 15) is 19.2 Å². The Morgan fingerprint density at radius 1 is 0.744 bits per heavy atom. The summed E-state index contributed by atoms with van der Waals surface area (Å²) in [4.78, 5) is 52.1. The summed E-state index contributed by atoms with van der Waals surface area (Å²) in [6.45, 7) is 4.22. The molecule has 5 rings (SSSR count). The Bertz CT molecular complexity index is 1280. The molecule has 1 aromatic heterocycles. The van der Waals surface area contributed by atoms with Gasteiger partial charge in [0.2, 0.25) is 23.6 Å². The molecule has 202 valence electrons. The van der Waals surface area contributed by atoms with Gasteiger partial charge in [-0.25, -0.2) is 0 Å². The minimum Gasteiger partial charge on any atom is -0.331 e. The topological polar surface area (TPSA) is 127 Å². The minimum absolute atomic E-state index is 0.0810. The van der Waals surface area contributed by atoms with E-state index in [2.05, 4.69) is 20.8 Å². The quantitative estimate of drug-likeness (QED) is 0.450. The van der Waals surface area contributed by atoms with Crippen LogP contribution in [0.2, 0.25) is 0 Å². The Hall–Kier alpha value is -4.47. The van der Waals surface area contributed by atoms with Gasteiger partial charge in [-0.2, -0.15) is 5.10 Å². The van der Waals surface area contributed by atoms with Crippen LogP contribution >= 0.6 is 0 Å². The van der Waals surface area contributed by atoms with E-state index in [0.717, 1.165) is 35.4 Å². The van der Waals surface area contributed by atoms with Gasteiger partial charge in [0.05, 0.1) is 11.4 Å². The van der Waals surface area contributed by atoms with Crippen LogP contribution < -0.4 is 10.6 Å². The lowest BCUT2D eigenvalue weighted by Gasteiger charge is -2.22. The Morgan fingerprint density at radius 3 is 1.67 bits per heavy atom. The van der Waals surface area contributed by atoms with Gasteiger partial charge in [0.1, 0.15) is 12.1 Å². The molecular formula is C29H32N6O4. The van der Waals surface area contributed by atoms with Crippen molar-refractivity contribution in [2.75, 3.05) is 23.7 Å². The number of carbonyl (C=O) groups excluding carboxylic acids is 4. The van der Waals surface area contributed by atoms with E-state index < -0.39 is 12.1 Å². The van der Waals surface area contributed by atoms with Crippen LogP contribution in [0.15, 0.2) is 54.6 Å². The summed E-state index contributed by atoms with van der Waals surface area (Å²) in [7, 11) is 0. The lowest BCUT2D eigenvalue weighted by molar-refractivity contribution is -0.134. The number of anilines is 2. The Morgan fingerprint density at radius 2 is 1.21 bits per heavy atom. The normalized spacial score (nSPS) is 18.7. The highest BCUT2D eigenvalue weighted by Crippen LogP contribution is 2.27. The fourth-order valence-electron chi connectivity index (χ4n) is 5.36. The molecule has 4 amide bonds. The maximum absolute atomic E-state index is 12.7. The van der Waals surface area contributed by atoms with Gasteiger partial charge >= 0.3 is 0 Å². The van der Waals surface area contributed by atoms with Crippen LogP contribution in [0, 0.1) is 0 Å². The predicted octanol–water partition coefficient (Wildman–Crippen LogP) is 3.64. The zero-order valence-corrected chi connectivity index (χ0v) is 22.1. The van der Waals surface area contributed by atoms with E-state index in [4.69, 9.17) is 0 Å². The number of nitrogens with one attached hydrogen (secondary N) is 3. The monoisotopic (exact) mass is 528 g/mol. The van der Waals surface area contributed by atoms with Gasteiger partial charge < -0.3 is 20.4 Å². The number of H-pyrrole nitrogens is 1. The van der Waals surface area contributed by atoms with Crippen molar-refractivity contribution in [2.24, 2.45) is 0 Å². The summed E-state index contributed by atoms with van der Waals surface area (Å²) in [5, 5.41) is 13.3. The van der Waals surface area contributed by atoms with Crippen molar-refractivity contribution in [2.45, 2.75) is 51.6 Å². The first-order valence-corrected chi connectivity index (χ1v) is 13.2. The summed E-state index contributed by atoms with van der Waals surface area (Å²) < 4.78 is 0. The molecule has 0 radical (unpaired) electrons. The Kier molecular flexibility index (Phi) is 7.44. The number of benzene rings is 2. The van der Waals surface area contributed by atoms with Crippen LogP contribution in [0.3, 0.4) is 0 Å². The molecule has 10 heteroatoms. The maximum Gasteiger partial charge on any atom is 0.247 e. The van der Waals surface area contributed by atoms with Crippen molar-refractivity contribution in [1.82, 2.24) is 20.0 Å². The van der Waals surface area contributed by atoms with Crippen molar-refractivity contribution in [3.05, 3.63) is 54.6 Å². The molecule has 39 heavy (non-hydrogen) atoms. The third kappa shape index (κ3) is 5.69. The Balaban J connectivity index is 1.20. The maximum atomic E-state index is 12.7. The summed E-state index contributed by atoms with van der Waals surface area (Å²) >= 11 is 0. The molecule has 0 unspecified atom stereocenters. The molecule has 3 N–H and O–H groups in total. The lowest BCUT2D eigenvalue weighted by atomic mass is 10.1. The predicted molar refractivity (Wildman–Crippen MR) is 148 cm³/mol. The van der Waals surface area contributed by atoms with Crippen LogP contribution in [0.1, 0.15) is 39.5 Å². The van der Waals surface area contributed by atoms with Gasteiger partial charge in [-0.1, -0.05) is 24.3 Å². The number of nitrogens with zero attached hydrogens (tertiary/aromatic N) is 3. The van der Waals surface area contributed by atoms with Crippen LogP contribution in [-0.4, -0.2) is 68.8 Å².